The molecule has 0 amide bonds. The van der Waals surface area contributed by atoms with Crippen LogP contribution in [0, 0.1) is 0 Å². The van der Waals surface area contributed by atoms with E-state index in [0.29, 0.717) is 0 Å². The molecular weight excluding hydrogens is 330 g/mol. The number of hydrogen-bond donors (Lipinski definition) is 0. The van der Waals surface area contributed by atoms with Crippen LogP contribution in [0.5, 0.6) is 0 Å². The Labute approximate surface area is 172 Å². The van der Waals surface area contributed by atoms with Crippen LogP contribution in [0.3, 0.4) is 0 Å². The second kappa shape index (κ2) is 20.6. The third-order valence-electron chi connectivity index (χ3n) is 6.08. The van der Waals surface area contributed by atoms with Gasteiger partial charge in [0.25, 0.3) is 0 Å². The molecule has 164 valence electrons. The van der Waals surface area contributed by atoms with Crippen molar-refractivity contribution in [3.63, 3.8) is 0 Å². The van der Waals surface area contributed by atoms with Gasteiger partial charge in [-0.05, 0) is 39.1 Å². The largest absolute Gasteiger partial charge is 0.303 e. The average Bonchev–Trinajstić information content (AvgIpc) is 2.70. The first-order valence-electron chi connectivity index (χ1n) is 12.4. The Hall–Kier alpha value is -0.120. The summed E-state index contributed by atoms with van der Waals surface area (Å²) in [7, 11) is 0. The van der Waals surface area contributed by atoms with E-state index in [4.69, 9.17) is 0 Å². The fourth-order valence-corrected chi connectivity index (χ4v) is 3.80. The molecule has 0 aromatic heterocycles. The zero-order valence-electron chi connectivity index (χ0n) is 19.8. The molecule has 0 fully saturated rings. The van der Waals surface area contributed by atoms with Crippen LogP contribution in [-0.4, -0.2) is 73.6 Å². The standard InChI is InChI=1S/C24H53N3/c1-6-11-12-13-14-15-16-17-18-19-20-27(23-21-25(7-2)8-3)24-22-26(9-4)10-5/h6-24H2,1-5H3. The minimum atomic E-state index is 1.18. The number of nitrogens with zero attached hydrogens (tertiary/aromatic N) is 3. The molecule has 0 bridgehead atoms. The average molecular weight is 384 g/mol. The fraction of sp³-hybridized carbons (Fsp3) is 1.00. The molecule has 0 saturated carbocycles. The van der Waals surface area contributed by atoms with Gasteiger partial charge in [-0.15, -0.1) is 0 Å². The molecule has 0 aromatic rings. The van der Waals surface area contributed by atoms with Gasteiger partial charge in [0.1, 0.15) is 0 Å². The van der Waals surface area contributed by atoms with E-state index in [1.165, 1.54) is 123 Å². The van der Waals surface area contributed by atoms with Gasteiger partial charge < -0.3 is 14.7 Å². The molecule has 0 heterocycles. The van der Waals surface area contributed by atoms with Crippen molar-refractivity contribution in [2.45, 2.75) is 98.8 Å². The quantitative estimate of drug-likeness (QED) is 0.229. The van der Waals surface area contributed by atoms with Crippen molar-refractivity contribution in [2.24, 2.45) is 0 Å². The van der Waals surface area contributed by atoms with Gasteiger partial charge in [-0.25, -0.2) is 0 Å². The zero-order chi connectivity index (χ0) is 20.2. The van der Waals surface area contributed by atoms with E-state index < -0.39 is 0 Å². The van der Waals surface area contributed by atoms with Crippen molar-refractivity contribution in [3.05, 3.63) is 0 Å². The molecule has 0 spiro atoms. The maximum Gasteiger partial charge on any atom is 0.0110 e. The first-order valence-corrected chi connectivity index (χ1v) is 12.4. The summed E-state index contributed by atoms with van der Waals surface area (Å²) in [6.45, 7) is 22.4. The highest BCUT2D eigenvalue weighted by molar-refractivity contribution is 4.65. The number of unbranched alkanes of at least 4 members (excludes halogenated alkanes) is 9. The summed E-state index contributed by atoms with van der Waals surface area (Å²) in [6.07, 6.45) is 14.3. The van der Waals surface area contributed by atoms with Crippen LogP contribution in [0.15, 0.2) is 0 Å². The highest BCUT2D eigenvalue weighted by atomic mass is 15.2. The van der Waals surface area contributed by atoms with Gasteiger partial charge in [-0.1, -0.05) is 92.4 Å². The molecule has 0 atom stereocenters. The summed E-state index contributed by atoms with van der Waals surface area (Å²) in [5.74, 6) is 0. The van der Waals surface area contributed by atoms with Crippen LogP contribution < -0.4 is 0 Å². The molecule has 0 aliphatic carbocycles. The second-order valence-corrected chi connectivity index (χ2v) is 8.08. The number of rotatable bonds is 21. The van der Waals surface area contributed by atoms with Gasteiger partial charge in [0.15, 0.2) is 0 Å². The Morgan fingerprint density at radius 1 is 0.333 bits per heavy atom. The Morgan fingerprint density at radius 2 is 0.667 bits per heavy atom. The fourth-order valence-electron chi connectivity index (χ4n) is 3.80. The zero-order valence-corrected chi connectivity index (χ0v) is 19.8. The van der Waals surface area contributed by atoms with Crippen LogP contribution in [0.2, 0.25) is 0 Å². The van der Waals surface area contributed by atoms with Gasteiger partial charge in [0.05, 0.1) is 0 Å². The maximum absolute atomic E-state index is 2.72. The summed E-state index contributed by atoms with van der Waals surface area (Å²) in [6, 6.07) is 0. The summed E-state index contributed by atoms with van der Waals surface area (Å²) in [5, 5.41) is 0. The first-order chi connectivity index (χ1) is 13.2. The lowest BCUT2D eigenvalue weighted by Gasteiger charge is -2.28. The van der Waals surface area contributed by atoms with Crippen molar-refractivity contribution < 1.29 is 0 Å². The van der Waals surface area contributed by atoms with Gasteiger partial charge in [0.2, 0.25) is 0 Å². The SMILES string of the molecule is CCCCCCCCCCCCN(CCN(CC)CC)CCN(CC)CC. The van der Waals surface area contributed by atoms with Crippen LogP contribution in [-0.2, 0) is 0 Å². The molecule has 0 radical (unpaired) electrons. The molecule has 3 heteroatoms. The molecule has 0 unspecified atom stereocenters. The number of likely N-dealkylation sites (N-methyl/N-ethyl adjacent to an activating group) is 2. The van der Waals surface area contributed by atoms with E-state index in [1.54, 1.807) is 0 Å². The van der Waals surface area contributed by atoms with Crippen LogP contribution in [0.25, 0.3) is 0 Å². The van der Waals surface area contributed by atoms with Gasteiger partial charge in [0, 0.05) is 26.2 Å². The highest BCUT2D eigenvalue weighted by Gasteiger charge is 2.09. The van der Waals surface area contributed by atoms with Crippen molar-refractivity contribution in [2.75, 3.05) is 58.9 Å². The molecule has 3 nitrogen and oxygen atoms in total. The maximum atomic E-state index is 2.72. The lowest BCUT2D eigenvalue weighted by atomic mass is 10.1. The highest BCUT2D eigenvalue weighted by Crippen LogP contribution is 2.11. The minimum Gasteiger partial charge on any atom is -0.303 e. The van der Waals surface area contributed by atoms with E-state index in [2.05, 4.69) is 49.3 Å². The van der Waals surface area contributed by atoms with Crippen LogP contribution >= 0.6 is 0 Å². The van der Waals surface area contributed by atoms with Crippen LogP contribution in [0.4, 0.5) is 0 Å². The Morgan fingerprint density at radius 3 is 1.04 bits per heavy atom. The third kappa shape index (κ3) is 16.5. The van der Waals surface area contributed by atoms with Crippen molar-refractivity contribution in [3.8, 4) is 0 Å². The topological polar surface area (TPSA) is 9.72 Å². The van der Waals surface area contributed by atoms with E-state index in [-0.39, 0.29) is 0 Å². The molecule has 0 aliphatic rings. The minimum absolute atomic E-state index is 1.18. The molecule has 0 aliphatic heterocycles. The Bertz CT molecular complexity index is 259. The monoisotopic (exact) mass is 383 g/mol. The molecule has 0 rings (SSSR count). The molecular formula is C24H53N3. The van der Waals surface area contributed by atoms with E-state index in [9.17, 15) is 0 Å². The second-order valence-electron chi connectivity index (χ2n) is 8.08. The van der Waals surface area contributed by atoms with Crippen molar-refractivity contribution >= 4 is 0 Å². The molecule has 27 heavy (non-hydrogen) atoms. The van der Waals surface area contributed by atoms with E-state index in [1.807, 2.05) is 0 Å². The lowest BCUT2D eigenvalue weighted by Crippen LogP contribution is -2.40. The molecule has 0 saturated heterocycles. The van der Waals surface area contributed by atoms with Crippen molar-refractivity contribution in [1.82, 2.24) is 14.7 Å². The smallest absolute Gasteiger partial charge is 0.0110 e. The van der Waals surface area contributed by atoms with Crippen molar-refractivity contribution in [1.29, 1.82) is 0 Å². The normalized spacial score (nSPS) is 12.0. The Balaban J connectivity index is 3.94. The molecule has 0 aromatic carbocycles. The third-order valence-corrected chi connectivity index (χ3v) is 6.08. The summed E-state index contributed by atoms with van der Waals surface area (Å²) < 4.78 is 0. The summed E-state index contributed by atoms with van der Waals surface area (Å²) >= 11 is 0. The predicted octanol–water partition coefficient (Wildman–Crippen LogP) is 5.89. The van der Waals surface area contributed by atoms with Gasteiger partial charge in [-0.3, -0.25) is 0 Å². The van der Waals surface area contributed by atoms with Crippen LogP contribution in [0.1, 0.15) is 98.8 Å². The van der Waals surface area contributed by atoms with Gasteiger partial charge in [-0.2, -0.15) is 0 Å². The van der Waals surface area contributed by atoms with E-state index >= 15 is 0 Å². The summed E-state index contributed by atoms with van der Waals surface area (Å²) in [4.78, 5) is 7.84. The Kier molecular flexibility index (Phi) is 20.5. The predicted molar refractivity (Wildman–Crippen MR) is 124 cm³/mol. The van der Waals surface area contributed by atoms with E-state index in [0.717, 1.165) is 0 Å². The number of hydrogen-bond acceptors (Lipinski definition) is 3. The summed E-state index contributed by atoms with van der Waals surface area (Å²) in [5.41, 5.74) is 0. The van der Waals surface area contributed by atoms with Gasteiger partial charge >= 0.3 is 0 Å². The lowest BCUT2D eigenvalue weighted by molar-refractivity contribution is 0.183. The molecule has 0 N–H and O–H groups in total. The first kappa shape index (κ1) is 26.9.